The number of hydrogen-bond acceptors (Lipinski definition) is 2. The van der Waals surface area contributed by atoms with Gasteiger partial charge in [0, 0.05) is 5.39 Å². The second-order valence-electron chi connectivity index (χ2n) is 4.94. The van der Waals surface area contributed by atoms with Crippen LogP contribution in [0.25, 0.3) is 11.0 Å². The number of fused-ring (bicyclic) bond motifs is 1. The summed E-state index contributed by atoms with van der Waals surface area (Å²) in [7, 11) is 0. The second-order valence-corrected chi connectivity index (χ2v) is 5.35. The van der Waals surface area contributed by atoms with Gasteiger partial charge in [-0.25, -0.2) is 0 Å². The fourth-order valence-electron chi connectivity index (χ4n) is 2.54. The molecule has 2 unspecified atom stereocenters. The molecule has 1 aromatic heterocycles. The zero-order valence-corrected chi connectivity index (χ0v) is 10.6. The van der Waals surface area contributed by atoms with Gasteiger partial charge in [0.05, 0.1) is 11.1 Å². The summed E-state index contributed by atoms with van der Waals surface area (Å²) in [6.07, 6.45) is 2.38. The molecule has 1 aliphatic rings. The molecule has 3 rings (SSSR count). The topological polar surface area (TPSA) is 25.2 Å². The molecule has 2 atom stereocenters. The van der Waals surface area contributed by atoms with E-state index in [1.54, 1.807) is 0 Å². The van der Waals surface area contributed by atoms with Crippen molar-refractivity contribution < 1.29 is 4.42 Å². The van der Waals surface area contributed by atoms with Gasteiger partial charge in [-0.3, -0.25) is 0 Å². The van der Waals surface area contributed by atoms with Crippen LogP contribution in [0.3, 0.4) is 0 Å². The predicted octanol–water partition coefficient (Wildman–Crippen LogP) is 4.15. The number of para-hydroxylation sites is 1. The van der Waals surface area contributed by atoms with Crippen LogP contribution in [0.15, 0.2) is 28.7 Å². The Kier molecular flexibility index (Phi) is 2.85. The molecule has 90 valence electrons. The fraction of sp³-hybridized carbons (Fsp3) is 0.429. The molecule has 0 aliphatic carbocycles. The second kappa shape index (κ2) is 4.35. The average molecular weight is 250 g/mol. The number of furan rings is 1. The van der Waals surface area contributed by atoms with Crippen molar-refractivity contribution in [1.82, 2.24) is 5.32 Å². The third-order valence-electron chi connectivity index (χ3n) is 3.52. The van der Waals surface area contributed by atoms with Crippen molar-refractivity contribution in [2.45, 2.75) is 25.8 Å². The van der Waals surface area contributed by atoms with Gasteiger partial charge in [0.15, 0.2) is 5.58 Å². The average Bonchev–Trinajstić information content (AvgIpc) is 2.74. The maximum absolute atomic E-state index is 6.12. The van der Waals surface area contributed by atoms with Crippen LogP contribution in [-0.2, 0) is 0 Å². The minimum Gasteiger partial charge on any atom is -0.458 e. The first-order chi connectivity index (χ1) is 8.24. The minimum absolute atomic E-state index is 0.335. The molecule has 3 heteroatoms. The van der Waals surface area contributed by atoms with Crippen LogP contribution < -0.4 is 5.32 Å². The predicted molar refractivity (Wildman–Crippen MR) is 70.4 cm³/mol. The summed E-state index contributed by atoms with van der Waals surface area (Å²) < 4.78 is 5.89. The number of rotatable bonds is 1. The van der Waals surface area contributed by atoms with Crippen molar-refractivity contribution in [2.24, 2.45) is 5.92 Å². The van der Waals surface area contributed by atoms with Gasteiger partial charge in [-0.2, -0.15) is 0 Å². The van der Waals surface area contributed by atoms with Crippen LogP contribution in [-0.4, -0.2) is 6.54 Å². The van der Waals surface area contributed by atoms with Gasteiger partial charge in [0.2, 0.25) is 0 Å². The Bertz CT molecular complexity index is 534. The lowest BCUT2D eigenvalue weighted by Crippen LogP contribution is -2.30. The third kappa shape index (κ3) is 2.07. The molecular formula is C14H16ClNO. The van der Waals surface area contributed by atoms with Crippen molar-refractivity contribution >= 4 is 22.6 Å². The number of hydrogen-bond donors (Lipinski definition) is 1. The minimum atomic E-state index is 0.335. The van der Waals surface area contributed by atoms with Crippen molar-refractivity contribution in [1.29, 1.82) is 0 Å². The van der Waals surface area contributed by atoms with E-state index in [9.17, 15) is 0 Å². The lowest BCUT2D eigenvalue weighted by atomic mass is 9.93. The molecule has 0 saturated carbocycles. The molecular weight excluding hydrogens is 234 g/mol. The summed E-state index contributed by atoms with van der Waals surface area (Å²) in [6.45, 7) is 3.36. The third-order valence-corrected chi connectivity index (χ3v) is 3.82. The molecule has 1 N–H and O–H groups in total. The van der Waals surface area contributed by atoms with E-state index in [2.05, 4.69) is 18.3 Å². The van der Waals surface area contributed by atoms with Gasteiger partial charge in [-0.15, -0.1) is 0 Å². The van der Waals surface area contributed by atoms with Crippen LogP contribution in [0, 0.1) is 5.92 Å². The maximum atomic E-state index is 6.12. The molecule has 1 aromatic carbocycles. The zero-order chi connectivity index (χ0) is 11.8. The summed E-state index contributed by atoms with van der Waals surface area (Å²) in [5, 5.41) is 5.29. The zero-order valence-electron chi connectivity index (χ0n) is 9.87. The molecule has 0 amide bonds. The van der Waals surface area contributed by atoms with Crippen LogP contribution >= 0.6 is 11.6 Å². The standard InChI is InChI=1S/C14H16ClNO/c1-9-5-6-16-12(7-9)13-8-10-3-2-4-11(15)14(10)17-13/h2-4,8-9,12,16H,5-7H2,1H3. The molecule has 0 radical (unpaired) electrons. The molecule has 1 aliphatic heterocycles. The van der Waals surface area contributed by atoms with E-state index >= 15 is 0 Å². The molecule has 17 heavy (non-hydrogen) atoms. The highest BCUT2D eigenvalue weighted by molar-refractivity contribution is 6.34. The quantitative estimate of drug-likeness (QED) is 0.822. The first kappa shape index (κ1) is 11.1. The van der Waals surface area contributed by atoms with Crippen molar-refractivity contribution in [3.63, 3.8) is 0 Å². The van der Waals surface area contributed by atoms with E-state index in [4.69, 9.17) is 16.0 Å². The van der Waals surface area contributed by atoms with E-state index < -0.39 is 0 Å². The molecule has 0 spiro atoms. The van der Waals surface area contributed by atoms with Crippen LogP contribution in [0.5, 0.6) is 0 Å². The van der Waals surface area contributed by atoms with Crippen LogP contribution in [0.4, 0.5) is 0 Å². The van der Waals surface area contributed by atoms with Crippen molar-refractivity contribution in [3.8, 4) is 0 Å². The Hall–Kier alpha value is -0.990. The van der Waals surface area contributed by atoms with Crippen LogP contribution in [0.1, 0.15) is 31.6 Å². The number of piperidine rings is 1. The molecule has 1 saturated heterocycles. The van der Waals surface area contributed by atoms with Gasteiger partial charge >= 0.3 is 0 Å². The van der Waals surface area contributed by atoms with Gasteiger partial charge < -0.3 is 9.73 Å². The van der Waals surface area contributed by atoms with Gasteiger partial charge in [-0.1, -0.05) is 30.7 Å². The summed E-state index contributed by atoms with van der Waals surface area (Å²) in [5.41, 5.74) is 0.809. The fourth-order valence-corrected chi connectivity index (χ4v) is 2.76. The van der Waals surface area contributed by atoms with Crippen LogP contribution in [0.2, 0.25) is 5.02 Å². The van der Waals surface area contributed by atoms with E-state index in [0.717, 1.165) is 35.6 Å². The molecule has 2 nitrogen and oxygen atoms in total. The van der Waals surface area contributed by atoms with Crippen molar-refractivity contribution in [2.75, 3.05) is 6.54 Å². The summed E-state index contributed by atoms with van der Waals surface area (Å²) in [5.74, 6) is 1.77. The lowest BCUT2D eigenvalue weighted by Gasteiger charge is -2.26. The lowest BCUT2D eigenvalue weighted by molar-refractivity contribution is 0.294. The monoisotopic (exact) mass is 249 g/mol. The molecule has 0 bridgehead atoms. The first-order valence-electron chi connectivity index (χ1n) is 6.15. The van der Waals surface area contributed by atoms with E-state index in [1.165, 1.54) is 6.42 Å². The largest absolute Gasteiger partial charge is 0.458 e. The molecule has 1 fully saturated rings. The number of benzene rings is 1. The van der Waals surface area contributed by atoms with E-state index in [0.29, 0.717) is 11.1 Å². The molecule has 2 aromatic rings. The van der Waals surface area contributed by atoms with Crippen molar-refractivity contribution in [3.05, 3.63) is 35.0 Å². The SMILES string of the molecule is CC1CCNC(c2cc3cccc(Cl)c3o2)C1. The highest BCUT2D eigenvalue weighted by atomic mass is 35.5. The van der Waals surface area contributed by atoms with Gasteiger partial charge in [-0.05, 0) is 37.4 Å². The normalized spacial score (nSPS) is 25.3. The Morgan fingerprint density at radius 2 is 2.29 bits per heavy atom. The van der Waals surface area contributed by atoms with E-state index in [-0.39, 0.29) is 0 Å². The summed E-state index contributed by atoms with van der Waals surface area (Å²) >= 11 is 6.12. The smallest absolute Gasteiger partial charge is 0.152 e. The van der Waals surface area contributed by atoms with Gasteiger partial charge in [0.25, 0.3) is 0 Å². The highest BCUT2D eigenvalue weighted by Gasteiger charge is 2.23. The van der Waals surface area contributed by atoms with E-state index in [1.807, 2.05) is 18.2 Å². The summed E-state index contributed by atoms with van der Waals surface area (Å²) in [6, 6.07) is 8.31. The Labute approximate surface area is 106 Å². The van der Waals surface area contributed by atoms with Gasteiger partial charge in [0.1, 0.15) is 5.76 Å². The Morgan fingerprint density at radius 1 is 1.41 bits per heavy atom. The number of halogens is 1. The molecule has 2 heterocycles. The maximum Gasteiger partial charge on any atom is 0.152 e. The Balaban J connectivity index is 1.97. The first-order valence-corrected chi connectivity index (χ1v) is 6.53. The highest BCUT2D eigenvalue weighted by Crippen LogP contribution is 2.33. The summed E-state index contributed by atoms with van der Waals surface area (Å²) in [4.78, 5) is 0. The number of nitrogens with one attached hydrogen (secondary N) is 1. The Morgan fingerprint density at radius 3 is 3.06 bits per heavy atom.